The van der Waals surface area contributed by atoms with Crippen LogP contribution in [0.3, 0.4) is 0 Å². The van der Waals surface area contributed by atoms with Crippen molar-refractivity contribution in [2.45, 2.75) is 37.4 Å². The number of halogens is 1. The highest BCUT2D eigenvalue weighted by Gasteiger charge is 2.12. The molecule has 2 aromatic carbocycles. The molecule has 1 fully saturated rings. The van der Waals surface area contributed by atoms with Crippen molar-refractivity contribution in [3.05, 3.63) is 65.2 Å². The van der Waals surface area contributed by atoms with Crippen LogP contribution in [-0.2, 0) is 29.7 Å². The summed E-state index contributed by atoms with van der Waals surface area (Å²) in [5.41, 5.74) is 3.52. The first-order valence-corrected chi connectivity index (χ1v) is 11.8. The van der Waals surface area contributed by atoms with Crippen molar-refractivity contribution >= 4 is 40.0 Å². The Morgan fingerprint density at radius 2 is 1.39 bits per heavy atom. The number of likely N-dealkylation sites (tertiary alicyclic amines) is 1. The number of nitrogens with one attached hydrogen (secondary N) is 3. The third-order valence-corrected chi connectivity index (χ3v) is 6.70. The van der Waals surface area contributed by atoms with Crippen LogP contribution in [0.25, 0.3) is 0 Å². The smallest absolute Gasteiger partial charge is 0.240 e. The summed E-state index contributed by atoms with van der Waals surface area (Å²) in [6.45, 7) is 4.68. The second-order valence-corrected chi connectivity index (χ2v) is 9.32. The van der Waals surface area contributed by atoms with Gasteiger partial charge in [-0.1, -0.05) is 36.4 Å². The molecule has 1 saturated heterocycles. The van der Waals surface area contributed by atoms with Crippen molar-refractivity contribution in [3.63, 3.8) is 0 Å². The first-order valence-electron chi connectivity index (χ1n) is 10.3. The molecule has 0 aliphatic carbocycles. The second kappa shape index (κ2) is 12.4. The average molecular weight is 558 g/mol. The molecule has 7 nitrogen and oxygen atoms in total. The maximum absolute atomic E-state index is 11.8. The molecule has 1 aliphatic rings. The predicted molar refractivity (Wildman–Crippen MR) is 136 cm³/mol. The number of nitrogens with zero attached hydrogens (tertiary/aromatic N) is 2. The summed E-state index contributed by atoms with van der Waals surface area (Å²) < 4.78 is 25.9. The van der Waals surface area contributed by atoms with E-state index in [-0.39, 0.29) is 28.9 Å². The lowest BCUT2D eigenvalue weighted by Gasteiger charge is -2.15. The van der Waals surface area contributed by atoms with Gasteiger partial charge in [-0.15, -0.1) is 24.0 Å². The van der Waals surface area contributed by atoms with Crippen LogP contribution in [0.1, 0.15) is 29.5 Å². The van der Waals surface area contributed by atoms with E-state index in [4.69, 9.17) is 0 Å². The Hall–Kier alpha value is -1.69. The topological polar surface area (TPSA) is 85.8 Å². The SMILES string of the molecule is CN=C(NCc1ccc(CN2CCCC2)cc1)NCc1ccc(S(=O)(=O)NC)cc1.I. The molecule has 0 saturated carbocycles. The maximum Gasteiger partial charge on any atom is 0.240 e. The molecule has 3 N–H and O–H groups in total. The molecule has 0 aromatic heterocycles. The maximum atomic E-state index is 11.8. The third-order valence-electron chi connectivity index (χ3n) is 5.27. The van der Waals surface area contributed by atoms with E-state index in [1.807, 2.05) is 0 Å². The van der Waals surface area contributed by atoms with Crippen molar-refractivity contribution in [2.75, 3.05) is 27.2 Å². The van der Waals surface area contributed by atoms with E-state index in [1.54, 1.807) is 31.3 Å². The number of hydrogen-bond acceptors (Lipinski definition) is 4. The lowest BCUT2D eigenvalue weighted by Crippen LogP contribution is -2.36. The first kappa shape index (κ1) is 25.6. The Kier molecular flexibility index (Phi) is 10.2. The minimum absolute atomic E-state index is 0. The van der Waals surface area contributed by atoms with Crippen molar-refractivity contribution in [3.8, 4) is 0 Å². The van der Waals surface area contributed by atoms with Crippen LogP contribution < -0.4 is 15.4 Å². The monoisotopic (exact) mass is 557 g/mol. The standard InChI is InChI=1S/C22H31N5O2S.HI/c1-23-22(26-16-19-9-11-21(12-10-19)30(28,29)24-2)25-15-18-5-7-20(8-6-18)17-27-13-3-4-14-27;/h5-12,24H,3-4,13-17H2,1-2H3,(H2,23,25,26);1H. The summed E-state index contributed by atoms with van der Waals surface area (Å²) in [7, 11) is -0.272. The number of hydrogen-bond donors (Lipinski definition) is 3. The minimum atomic E-state index is -3.41. The van der Waals surface area contributed by atoms with Crippen LogP contribution in [0.2, 0.25) is 0 Å². The molecule has 31 heavy (non-hydrogen) atoms. The molecule has 0 radical (unpaired) electrons. The zero-order valence-electron chi connectivity index (χ0n) is 18.1. The molecule has 9 heteroatoms. The van der Waals surface area contributed by atoms with E-state index < -0.39 is 10.0 Å². The van der Waals surface area contributed by atoms with E-state index in [1.165, 1.54) is 44.1 Å². The quantitative estimate of drug-likeness (QED) is 0.264. The van der Waals surface area contributed by atoms with Gasteiger partial charge in [0, 0.05) is 26.7 Å². The van der Waals surface area contributed by atoms with Crippen molar-refractivity contribution in [2.24, 2.45) is 4.99 Å². The summed E-state index contributed by atoms with van der Waals surface area (Å²) in [6, 6.07) is 15.5. The molecule has 0 bridgehead atoms. The van der Waals surface area contributed by atoms with Gasteiger partial charge in [0.25, 0.3) is 0 Å². The Bertz CT molecular complexity index is 941. The fraction of sp³-hybridized carbons (Fsp3) is 0.409. The lowest BCUT2D eigenvalue weighted by atomic mass is 10.1. The van der Waals surface area contributed by atoms with E-state index in [0.717, 1.165) is 12.1 Å². The Morgan fingerprint density at radius 3 is 1.87 bits per heavy atom. The number of sulfonamides is 1. The highest BCUT2D eigenvalue weighted by molar-refractivity contribution is 14.0. The molecule has 0 atom stereocenters. The molecule has 1 aliphatic heterocycles. The molecule has 1 heterocycles. The summed E-state index contributed by atoms with van der Waals surface area (Å²) in [6.07, 6.45) is 2.63. The Labute approximate surface area is 202 Å². The lowest BCUT2D eigenvalue weighted by molar-refractivity contribution is 0.331. The van der Waals surface area contributed by atoms with E-state index >= 15 is 0 Å². The highest BCUT2D eigenvalue weighted by Crippen LogP contribution is 2.13. The predicted octanol–water partition coefficient (Wildman–Crippen LogP) is 2.67. The number of benzene rings is 2. The van der Waals surface area contributed by atoms with E-state index in [0.29, 0.717) is 19.0 Å². The van der Waals surface area contributed by atoms with Crippen molar-refractivity contribution in [1.82, 2.24) is 20.3 Å². The Morgan fingerprint density at radius 1 is 0.903 bits per heavy atom. The van der Waals surface area contributed by atoms with Gasteiger partial charge in [0.05, 0.1) is 4.90 Å². The van der Waals surface area contributed by atoms with Gasteiger partial charge in [0.2, 0.25) is 10.0 Å². The van der Waals surface area contributed by atoms with Gasteiger partial charge < -0.3 is 10.6 Å². The van der Waals surface area contributed by atoms with Gasteiger partial charge in [0.1, 0.15) is 0 Å². The number of aliphatic imine (C=N–C) groups is 1. The molecule has 170 valence electrons. The molecule has 3 rings (SSSR count). The first-order chi connectivity index (χ1) is 14.5. The van der Waals surface area contributed by atoms with E-state index in [2.05, 4.69) is 49.5 Å². The number of guanidine groups is 1. The van der Waals surface area contributed by atoms with Crippen LogP contribution in [0.5, 0.6) is 0 Å². The van der Waals surface area contributed by atoms with Gasteiger partial charge in [-0.3, -0.25) is 9.89 Å². The summed E-state index contributed by atoms with van der Waals surface area (Å²) in [5, 5.41) is 6.57. The summed E-state index contributed by atoms with van der Waals surface area (Å²) >= 11 is 0. The zero-order chi connectivity index (χ0) is 21.4. The molecule has 0 spiro atoms. The molecule has 2 aromatic rings. The van der Waals surface area contributed by atoms with Gasteiger partial charge >= 0.3 is 0 Å². The van der Waals surface area contributed by atoms with Crippen LogP contribution in [-0.4, -0.2) is 46.5 Å². The molecular formula is C22H32IN5O2S. The largest absolute Gasteiger partial charge is 0.352 e. The minimum Gasteiger partial charge on any atom is -0.352 e. The third kappa shape index (κ3) is 7.74. The fourth-order valence-corrected chi connectivity index (χ4v) is 4.19. The second-order valence-electron chi connectivity index (χ2n) is 7.43. The van der Waals surface area contributed by atoms with Crippen LogP contribution in [0.15, 0.2) is 58.4 Å². The molecule has 0 amide bonds. The number of rotatable bonds is 8. The van der Waals surface area contributed by atoms with E-state index in [9.17, 15) is 8.42 Å². The van der Waals surface area contributed by atoms with Crippen LogP contribution in [0.4, 0.5) is 0 Å². The summed E-state index contributed by atoms with van der Waals surface area (Å²) in [5.74, 6) is 0.697. The van der Waals surface area contributed by atoms with Gasteiger partial charge in [-0.25, -0.2) is 13.1 Å². The molecule has 0 unspecified atom stereocenters. The molecular weight excluding hydrogens is 525 g/mol. The van der Waals surface area contributed by atoms with Crippen molar-refractivity contribution in [1.29, 1.82) is 0 Å². The van der Waals surface area contributed by atoms with Gasteiger partial charge in [0.15, 0.2) is 5.96 Å². The zero-order valence-corrected chi connectivity index (χ0v) is 21.2. The van der Waals surface area contributed by atoms with Gasteiger partial charge in [-0.05, 0) is 61.8 Å². The highest BCUT2D eigenvalue weighted by atomic mass is 127. The van der Waals surface area contributed by atoms with Crippen LogP contribution in [0, 0.1) is 0 Å². The normalized spacial score (nSPS) is 14.8. The average Bonchev–Trinajstić information content (AvgIpc) is 3.28. The van der Waals surface area contributed by atoms with Crippen molar-refractivity contribution < 1.29 is 8.42 Å². The van der Waals surface area contributed by atoms with Crippen LogP contribution >= 0.6 is 24.0 Å². The Balaban J connectivity index is 0.00000341. The fourth-order valence-electron chi connectivity index (χ4n) is 3.46. The summed E-state index contributed by atoms with van der Waals surface area (Å²) in [4.78, 5) is 7.01. The van der Waals surface area contributed by atoms with Gasteiger partial charge in [-0.2, -0.15) is 0 Å².